The third-order valence-corrected chi connectivity index (χ3v) is 3.72. The molecule has 0 saturated carbocycles. The highest BCUT2D eigenvalue weighted by Gasteiger charge is 2.21. The van der Waals surface area contributed by atoms with E-state index in [1.165, 1.54) is 5.56 Å². The fourth-order valence-electron chi connectivity index (χ4n) is 2.14. The third kappa shape index (κ3) is 4.25. The minimum Gasteiger partial charge on any atom is -0.311 e. The van der Waals surface area contributed by atoms with Gasteiger partial charge in [-0.05, 0) is 31.5 Å². The highest BCUT2D eigenvalue weighted by atomic mass is 79.9. The minimum atomic E-state index is 0. The molecule has 0 amide bonds. The first-order valence-corrected chi connectivity index (χ1v) is 6.66. The lowest BCUT2D eigenvalue weighted by molar-refractivity contribution is 0.139. The molecule has 1 aliphatic rings. The van der Waals surface area contributed by atoms with E-state index in [1.54, 1.807) is 0 Å². The van der Waals surface area contributed by atoms with Crippen LogP contribution in [0.1, 0.15) is 19.4 Å². The van der Waals surface area contributed by atoms with Gasteiger partial charge in [-0.15, -0.1) is 12.4 Å². The normalized spacial score (nSPS) is 25.4. The molecule has 96 valence electrons. The van der Waals surface area contributed by atoms with Crippen LogP contribution >= 0.6 is 28.3 Å². The van der Waals surface area contributed by atoms with Gasteiger partial charge in [0.2, 0.25) is 0 Å². The Labute approximate surface area is 118 Å². The number of hydrogen-bond donors (Lipinski definition) is 1. The van der Waals surface area contributed by atoms with E-state index in [9.17, 15) is 0 Å². The van der Waals surface area contributed by atoms with E-state index in [0.29, 0.717) is 12.1 Å². The van der Waals surface area contributed by atoms with Crippen molar-refractivity contribution in [3.05, 3.63) is 34.3 Å². The molecule has 1 aromatic rings. The number of nitrogens with one attached hydrogen (secondary N) is 1. The van der Waals surface area contributed by atoms with E-state index in [2.05, 4.69) is 64.3 Å². The zero-order valence-electron chi connectivity index (χ0n) is 10.3. The standard InChI is InChI=1S/C13H19BrN2.ClH/c1-10-8-16(11(2)7-15-10)9-12-3-5-13(14)6-4-12;/h3-6,10-11,15H,7-9H2,1-2H3;1H/t10-,11+;/m1./s1. The quantitative estimate of drug-likeness (QED) is 0.901. The molecule has 0 aromatic heterocycles. The van der Waals surface area contributed by atoms with Crippen LogP contribution in [0, 0.1) is 0 Å². The van der Waals surface area contributed by atoms with Crippen LogP contribution in [0.15, 0.2) is 28.7 Å². The summed E-state index contributed by atoms with van der Waals surface area (Å²) in [7, 11) is 0. The van der Waals surface area contributed by atoms with Gasteiger partial charge in [-0.1, -0.05) is 28.1 Å². The zero-order valence-corrected chi connectivity index (χ0v) is 12.7. The van der Waals surface area contributed by atoms with Crippen molar-refractivity contribution >= 4 is 28.3 Å². The SMILES string of the molecule is C[C@@H]1CN(Cc2ccc(Br)cc2)[C@@H](C)CN1.Cl. The Morgan fingerprint density at radius 3 is 2.59 bits per heavy atom. The molecule has 2 atom stereocenters. The molecule has 1 aliphatic heterocycles. The molecule has 0 radical (unpaired) electrons. The van der Waals surface area contributed by atoms with Crippen molar-refractivity contribution in [3.63, 3.8) is 0 Å². The van der Waals surface area contributed by atoms with Gasteiger partial charge in [0, 0.05) is 36.2 Å². The molecular formula is C13H20BrClN2. The topological polar surface area (TPSA) is 15.3 Å². The van der Waals surface area contributed by atoms with Gasteiger partial charge in [-0.2, -0.15) is 0 Å². The Kier molecular flexibility index (Phi) is 5.93. The number of rotatable bonds is 2. The van der Waals surface area contributed by atoms with Crippen LogP contribution in [0.3, 0.4) is 0 Å². The van der Waals surface area contributed by atoms with Gasteiger partial charge in [0.05, 0.1) is 0 Å². The van der Waals surface area contributed by atoms with Crippen molar-refractivity contribution in [2.75, 3.05) is 13.1 Å². The number of benzene rings is 1. The van der Waals surface area contributed by atoms with Gasteiger partial charge >= 0.3 is 0 Å². The molecule has 4 heteroatoms. The highest BCUT2D eigenvalue weighted by molar-refractivity contribution is 9.10. The number of halogens is 2. The Balaban J connectivity index is 0.00000144. The minimum absolute atomic E-state index is 0. The van der Waals surface area contributed by atoms with Crippen LogP contribution in [0.25, 0.3) is 0 Å². The average molecular weight is 320 g/mol. The zero-order chi connectivity index (χ0) is 11.5. The molecule has 0 unspecified atom stereocenters. The van der Waals surface area contributed by atoms with Crippen molar-refractivity contribution in [1.82, 2.24) is 10.2 Å². The fourth-order valence-corrected chi connectivity index (χ4v) is 2.41. The van der Waals surface area contributed by atoms with Crippen LogP contribution in [-0.4, -0.2) is 30.1 Å². The van der Waals surface area contributed by atoms with Crippen LogP contribution in [0.4, 0.5) is 0 Å². The summed E-state index contributed by atoms with van der Waals surface area (Å²) in [6.07, 6.45) is 0. The van der Waals surface area contributed by atoms with E-state index in [-0.39, 0.29) is 12.4 Å². The van der Waals surface area contributed by atoms with Gasteiger partial charge in [-0.3, -0.25) is 4.90 Å². The van der Waals surface area contributed by atoms with Crippen LogP contribution in [-0.2, 0) is 6.54 Å². The molecular weight excluding hydrogens is 300 g/mol. The smallest absolute Gasteiger partial charge is 0.0237 e. The van der Waals surface area contributed by atoms with Crippen molar-refractivity contribution in [2.45, 2.75) is 32.5 Å². The lowest BCUT2D eigenvalue weighted by atomic mass is 10.1. The monoisotopic (exact) mass is 318 g/mol. The number of nitrogens with zero attached hydrogens (tertiary/aromatic N) is 1. The second-order valence-corrected chi connectivity index (χ2v) is 5.63. The van der Waals surface area contributed by atoms with E-state index in [0.717, 1.165) is 24.1 Å². The summed E-state index contributed by atoms with van der Waals surface area (Å²) < 4.78 is 1.15. The van der Waals surface area contributed by atoms with E-state index >= 15 is 0 Å². The Morgan fingerprint density at radius 1 is 1.29 bits per heavy atom. The summed E-state index contributed by atoms with van der Waals surface area (Å²) in [5.74, 6) is 0. The summed E-state index contributed by atoms with van der Waals surface area (Å²) >= 11 is 3.47. The number of piperazine rings is 1. The molecule has 1 heterocycles. The average Bonchev–Trinajstić information content (AvgIpc) is 2.27. The summed E-state index contributed by atoms with van der Waals surface area (Å²) in [5.41, 5.74) is 1.39. The van der Waals surface area contributed by atoms with Gasteiger partial charge in [-0.25, -0.2) is 0 Å². The molecule has 1 aromatic carbocycles. The molecule has 0 spiro atoms. The molecule has 2 rings (SSSR count). The summed E-state index contributed by atoms with van der Waals surface area (Å²) in [6, 6.07) is 9.86. The van der Waals surface area contributed by atoms with Crippen LogP contribution in [0.5, 0.6) is 0 Å². The Hall–Kier alpha value is -0.0900. The van der Waals surface area contributed by atoms with E-state index < -0.39 is 0 Å². The van der Waals surface area contributed by atoms with Gasteiger partial charge in [0.15, 0.2) is 0 Å². The Morgan fingerprint density at radius 2 is 1.94 bits per heavy atom. The van der Waals surface area contributed by atoms with Crippen molar-refractivity contribution in [2.24, 2.45) is 0 Å². The molecule has 0 aliphatic carbocycles. The van der Waals surface area contributed by atoms with Gasteiger partial charge in [0.25, 0.3) is 0 Å². The summed E-state index contributed by atoms with van der Waals surface area (Å²) in [6.45, 7) is 7.83. The maximum absolute atomic E-state index is 3.51. The summed E-state index contributed by atoms with van der Waals surface area (Å²) in [5, 5.41) is 3.51. The molecule has 1 N–H and O–H groups in total. The van der Waals surface area contributed by atoms with Gasteiger partial charge < -0.3 is 5.32 Å². The molecule has 2 nitrogen and oxygen atoms in total. The maximum Gasteiger partial charge on any atom is 0.0237 e. The molecule has 17 heavy (non-hydrogen) atoms. The van der Waals surface area contributed by atoms with Crippen molar-refractivity contribution in [3.8, 4) is 0 Å². The maximum atomic E-state index is 3.51. The molecule has 1 saturated heterocycles. The molecule has 1 fully saturated rings. The lowest BCUT2D eigenvalue weighted by Crippen LogP contribution is -2.53. The van der Waals surface area contributed by atoms with Crippen molar-refractivity contribution in [1.29, 1.82) is 0 Å². The first kappa shape index (κ1) is 15.0. The van der Waals surface area contributed by atoms with E-state index in [4.69, 9.17) is 0 Å². The third-order valence-electron chi connectivity index (χ3n) is 3.19. The first-order chi connectivity index (χ1) is 7.65. The highest BCUT2D eigenvalue weighted by Crippen LogP contribution is 2.15. The lowest BCUT2D eigenvalue weighted by Gasteiger charge is -2.37. The van der Waals surface area contributed by atoms with Gasteiger partial charge in [0.1, 0.15) is 0 Å². The second-order valence-electron chi connectivity index (χ2n) is 4.71. The Bertz CT molecular complexity index is 342. The predicted octanol–water partition coefficient (Wildman–Crippen LogP) is 3.05. The fraction of sp³-hybridized carbons (Fsp3) is 0.538. The van der Waals surface area contributed by atoms with E-state index in [1.807, 2.05) is 0 Å². The van der Waals surface area contributed by atoms with Crippen molar-refractivity contribution < 1.29 is 0 Å². The number of hydrogen-bond acceptors (Lipinski definition) is 2. The van der Waals surface area contributed by atoms with Crippen LogP contribution in [0.2, 0.25) is 0 Å². The van der Waals surface area contributed by atoms with Crippen LogP contribution < -0.4 is 5.32 Å². The summed E-state index contributed by atoms with van der Waals surface area (Å²) in [4.78, 5) is 2.55. The first-order valence-electron chi connectivity index (χ1n) is 5.87. The predicted molar refractivity (Wildman–Crippen MR) is 78.7 cm³/mol. The second kappa shape index (κ2) is 6.74. The molecule has 0 bridgehead atoms. The largest absolute Gasteiger partial charge is 0.311 e.